The summed E-state index contributed by atoms with van der Waals surface area (Å²) in [6, 6.07) is 10.0. The van der Waals surface area contributed by atoms with E-state index >= 15 is 0 Å². The van der Waals surface area contributed by atoms with Crippen molar-refractivity contribution in [2.75, 3.05) is 30.4 Å². The van der Waals surface area contributed by atoms with Crippen molar-refractivity contribution < 1.29 is 14.0 Å². The third kappa shape index (κ3) is 6.43. The first-order valence-corrected chi connectivity index (χ1v) is 17.1. The summed E-state index contributed by atoms with van der Waals surface area (Å²) in [5.74, 6) is 1.17. The summed E-state index contributed by atoms with van der Waals surface area (Å²) < 4.78 is 14.0. The van der Waals surface area contributed by atoms with Crippen LogP contribution in [0.15, 0.2) is 30.5 Å². The molecule has 221 valence electrons. The highest BCUT2D eigenvalue weighted by Gasteiger charge is 2.44. The third-order valence-corrected chi connectivity index (χ3v) is 12.9. The molecular formula is C30H41BN7O3Si. The van der Waals surface area contributed by atoms with Gasteiger partial charge in [-0.2, -0.15) is 10.4 Å². The van der Waals surface area contributed by atoms with Gasteiger partial charge in [0.1, 0.15) is 18.1 Å². The van der Waals surface area contributed by atoms with Crippen molar-refractivity contribution in [3.05, 3.63) is 47.3 Å². The van der Waals surface area contributed by atoms with E-state index in [9.17, 15) is 10.1 Å². The predicted molar refractivity (Wildman–Crippen MR) is 169 cm³/mol. The first-order valence-electron chi connectivity index (χ1n) is 14.2. The number of nitriles is 1. The smallest absolute Gasteiger partial charge is 0.329 e. The number of rotatable bonds is 11. The number of hydrogen-bond donors (Lipinski definition) is 1. The van der Waals surface area contributed by atoms with E-state index in [4.69, 9.17) is 14.1 Å². The normalized spacial score (nSPS) is 17.5. The number of nitrogens with one attached hydrogen (secondary N) is 1. The molecule has 1 unspecified atom stereocenters. The largest absolute Gasteiger partial charge is 0.416 e. The monoisotopic (exact) mass is 586 g/mol. The summed E-state index contributed by atoms with van der Waals surface area (Å²) in [6.45, 7) is 18.8. The van der Waals surface area contributed by atoms with Crippen LogP contribution in [0.2, 0.25) is 18.1 Å². The van der Waals surface area contributed by atoms with Crippen molar-refractivity contribution >= 4 is 39.4 Å². The molecule has 3 heterocycles. The Bertz CT molecular complexity index is 1500. The van der Waals surface area contributed by atoms with Crippen LogP contribution in [0.25, 0.3) is 11.3 Å². The summed E-state index contributed by atoms with van der Waals surface area (Å²) in [5.41, 5.74) is 4.07. The zero-order valence-electron chi connectivity index (χ0n) is 26.1. The highest BCUT2D eigenvalue weighted by Crippen LogP contribution is 2.46. The lowest BCUT2D eigenvalue weighted by molar-refractivity contribution is 0.100. The molecule has 0 bridgehead atoms. The number of fused-ring (bicyclic) bond motifs is 1. The van der Waals surface area contributed by atoms with E-state index in [-0.39, 0.29) is 11.1 Å². The number of aryl methyl sites for hydroxylation is 1. The van der Waals surface area contributed by atoms with Crippen molar-refractivity contribution in [1.82, 2.24) is 19.7 Å². The zero-order chi connectivity index (χ0) is 30.9. The van der Waals surface area contributed by atoms with Crippen molar-refractivity contribution in [3.63, 3.8) is 0 Å². The Labute approximate surface area is 250 Å². The molecule has 1 aliphatic rings. The van der Waals surface area contributed by atoms with Crippen LogP contribution in [0.1, 0.15) is 51.4 Å². The maximum absolute atomic E-state index is 11.6. The molecule has 1 aliphatic heterocycles. The van der Waals surface area contributed by atoms with Gasteiger partial charge in [0.15, 0.2) is 8.32 Å². The average molecular weight is 587 g/mol. The predicted octanol–water partition coefficient (Wildman–Crippen LogP) is 5.21. The number of methoxy groups -OCH3 is 1. The number of nitrogens with zero attached hydrogens (tertiary/aromatic N) is 6. The number of hydrogen-bond acceptors (Lipinski definition) is 9. The molecule has 0 saturated heterocycles. The Morgan fingerprint density at radius 2 is 2.05 bits per heavy atom. The Morgan fingerprint density at radius 3 is 2.69 bits per heavy atom. The lowest BCUT2D eigenvalue weighted by Gasteiger charge is -2.39. The van der Waals surface area contributed by atoms with Gasteiger partial charge in [0.2, 0.25) is 5.95 Å². The van der Waals surface area contributed by atoms with E-state index in [0.29, 0.717) is 36.9 Å². The Balaban J connectivity index is 1.72. The summed E-state index contributed by atoms with van der Waals surface area (Å²) in [5, 5.41) is 18.1. The van der Waals surface area contributed by atoms with Crippen LogP contribution in [0.4, 0.5) is 17.5 Å². The van der Waals surface area contributed by atoms with Crippen LogP contribution in [-0.2, 0) is 25.9 Å². The maximum Gasteiger partial charge on any atom is 0.329 e. The molecule has 1 aromatic carbocycles. The molecule has 1 radical (unpaired) electrons. The van der Waals surface area contributed by atoms with Crippen LogP contribution in [0.5, 0.6) is 0 Å². The number of ether oxygens (including phenoxy) is 1. The van der Waals surface area contributed by atoms with Crippen molar-refractivity contribution in [1.29, 1.82) is 5.26 Å². The van der Waals surface area contributed by atoms with Crippen molar-refractivity contribution in [3.8, 4) is 17.3 Å². The topological polar surface area (TPSA) is 118 Å². The molecule has 4 rings (SSSR count). The minimum absolute atomic E-state index is 0.0149. The molecule has 2 atom stereocenters. The molecule has 0 spiro atoms. The first kappa shape index (κ1) is 31.4. The van der Waals surface area contributed by atoms with Gasteiger partial charge in [-0.15, -0.1) is 0 Å². The Hall–Kier alpha value is -3.53. The third-order valence-electron chi connectivity index (χ3n) is 8.41. The molecule has 0 saturated carbocycles. The quantitative estimate of drug-likeness (QED) is 0.239. The van der Waals surface area contributed by atoms with Crippen molar-refractivity contribution in [2.45, 2.75) is 77.7 Å². The van der Waals surface area contributed by atoms with Crippen LogP contribution in [-0.4, -0.2) is 68.0 Å². The van der Waals surface area contributed by atoms with Gasteiger partial charge >= 0.3 is 7.41 Å². The van der Waals surface area contributed by atoms with Gasteiger partial charge < -0.3 is 24.1 Å². The lowest BCUT2D eigenvalue weighted by atomic mass is 9.83. The van der Waals surface area contributed by atoms with Gasteiger partial charge in [0.05, 0.1) is 29.6 Å². The van der Waals surface area contributed by atoms with Crippen LogP contribution < -0.4 is 10.1 Å². The van der Waals surface area contributed by atoms with E-state index in [1.54, 1.807) is 13.3 Å². The Morgan fingerprint density at radius 1 is 1.31 bits per heavy atom. The number of aromatic nitrogens is 4. The minimum Gasteiger partial charge on any atom is -0.416 e. The fraction of sp³-hybridized carbons (Fsp3) is 0.500. The molecule has 1 N–H and O–H groups in total. The number of carbonyl (C=O) groups excluding carboxylic acids is 1. The van der Waals surface area contributed by atoms with Crippen molar-refractivity contribution in [2.24, 2.45) is 0 Å². The van der Waals surface area contributed by atoms with Crippen LogP contribution in [0, 0.1) is 18.3 Å². The average Bonchev–Trinajstić information content (AvgIpc) is 3.42. The van der Waals surface area contributed by atoms with Gasteiger partial charge in [-0.05, 0) is 55.7 Å². The second kappa shape index (κ2) is 12.0. The van der Waals surface area contributed by atoms with Gasteiger partial charge in [-0.25, -0.2) is 14.6 Å². The molecule has 42 heavy (non-hydrogen) atoms. The van der Waals surface area contributed by atoms with Gasteiger partial charge in [0.25, 0.3) is 0 Å². The fourth-order valence-electron chi connectivity index (χ4n) is 4.86. The van der Waals surface area contributed by atoms with Gasteiger partial charge in [0, 0.05) is 49.2 Å². The zero-order valence-corrected chi connectivity index (χ0v) is 27.1. The standard InChI is InChI=1S/C30H41BN7O3Si/c1-20-12-26(38(36-20)16-21(2)40-7)35-28-33-11-10-25(34-28)22-13-23(15-32)27-24(14-22)30(6,17-37(27)31-19-39)18-41-42(8,9)29(3,4)5/h10-14,19,21H,16-18H2,1-9H3,(H,33,34,35)/t21?,30-/m1/s1. The molecule has 10 nitrogen and oxygen atoms in total. The summed E-state index contributed by atoms with van der Waals surface area (Å²) in [7, 11) is 1.12. The van der Waals surface area contributed by atoms with E-state index in [1.165, 1.54) is 7.41 Å². The summed E-state index contributed by atoms with van der Waals surface area (Å²) >= 11 is 0. The van der Waals surface area contributed by atoms with E-state index < -0.39 is 13.7 Å². The molecule has 12 heteroatoms. The first-order chi connectivity index (χ1) is 19.7. The fourth-order valence-corrected chi connectivity index (χ4v) is 5.97. The second-order valence-corrected chi connectivity index (χ2v) is 17.7. The second-order valence-electron chi connectivity index (χ2n) is 12.8. The molecule has 0 aliphatic carbocycles. The molecule has 2 aromatic heterocycles. The highest BCUT2D eigenvalue weighted by molar-refractivity contribution is 6.74. The summed E-state index contributed by atoms with van der Waals surface area (Å²) in [6.07, 6.45) is 2.45. The molecule has 0 fully saturated rings. The van der Waals surface area contributed by atoms with E-state index in [1.807, 2.05) is 41.5 Å². The molecular weight excluding hydrogens is 545 g/mol. The van der Waals surface area contributed by atoms with E-state index in [2.05, 4.69) is 68.3 Å². The van der Waals surface area contributed by atoms with Crippen LogP contribution >= 0.6 is 0 Å². The highest BCUT2D eigenvalue weighted by atomic mass is 28.4. The minimum atomic E-state index is -2.05. The molecule has 0 amide bonds. The van der Waals surface area contributed by atoms with Crippen LogP contribution in [0.3, 0.4) is 0 Å². The number of anilines is 3. The van der Waals surface area contributed by atoms with Gasteiger partial charge in [-0.1, -0.05) is 27.7 Å². The lowest BCUT2D eigenvalue weighted by Crippen LogP contribution is -2.46. The van der Waals surface area contributed by atoms with E-state index in [0.717, 1.165) is 34.5 Å². The van der Waals surface area contributed by atoms with Gasteiger partial charge in [-0.3, -0.25) is 0 Å². The number of carbonyl (C=O) groups is 1. The Kier molecular flexibility index (Phi) is 8.97. The summed E-state index contributed by atoms with van der Waals surface area (Å²) in [4.78, 5) is 22.7. The maximum atomic E-state index is 11.6. The SMILES string of the molecule is COC(C)Cn1nc(C)cc1Nc1nccc(-c2cc(C#N)c3c(c2)[C@@](C)(CO[Si](C)(C)C(C)(C)C)CN3[B]C=O)n1. The number of benzene rings is 1. The molecule has 3 aromatic rings.